The molecule has 0 aliphatic carbocycles. The lowest BCUT2D eigenvalue weighted by atomic mass is 10.1. The van der Waals surface area contributed by atoms with Crippen molar-refractivity contribution in [3.8, 4) is 0 Å². The Morgan fingerprint density at radius 3 is 2.96 bits per heavy atom. The van der Waals surface area contributed by atoms with Crippen LogP contribution in [0.1, 0.15) is 23.1 Å². The summed E-state index contributed by atoms with van der Waals surface area (Å²) in [6, 6.07) is 5.69. The molecule has 0 radical (unpaired) electrons. The van der Waals surface area contributed by atoms with Crippen LogP contribution in [0.25, 0.3) is 5.65 Å². The number of nitrogens with one attached hydrogen (secondary N) is 1. The fourth-order valence-electron chi connectivity index (χ4n) is 3.44. The van der Waals surface area contributed by atoms with Gasteiger partial charge in [-0.15, -0.1) is 12.4 Å². The molecule has 1 saturated heterocycles. The Labute approximate surface area is 158 Å². The number of piperazine rings is 1. The maximum Gasteiger partial charge on any atom is 0.258 e. The Kier molecular flexibility index (Phi) is 5.41. The van der Waals surface area contributed by atoms with Gasteiger partial charge in [0.05, 0.1) is 11.7 Å². The van der Waals surface area contributed by atoms with Gasteiger partial charge in [0.15, 0.2) is 0 Å². The summed E-state index contributed by atoms with van der Waals surface area (Å²) in [6.07, 6.45) is 5.62. The van der Waals surface area contributed by atoms with Crippen LogP contribution in [-0.4, -0.2) is 43.5 Å². The van der Waals surface area contributed by atoms with E-state index in [4.69, 9.17) is 0 Å². The Morgan fingerprint density at radius 2 is 2.19 bits per heavy atom. The van der Waals surface area contributed by atoms with Gasteiger partial charge in [-0.2, -0.15) is 0 Å². The quantitative estimate of drug-likeness (QED) is 0.748. The smallest absolute Gasteiger partial charge is 0.258 e. The molecule has 1 aliphatic rings. The van der Waals surface area contributed by atoms with Gasteiger partial charge in [-0.05, 0) is 18.6 Å². The summed E-state index contributed by atoms with van der Waals surface area (Å²) in [5.74, 6) is 1.03. The number of aryl methyl sites for hydroxylation is 2. The Morgan fingerprint density at radius 1 is 1.35 bits per heavy atom. The van der Waals surface area contributed by atoms with E-state index in [0.717, 1.165) is 36.7 Å². The number of pyridine rings is 1. The molecule has 1 fully saturated rings. The predicted octanol–water partition coefficient (Wildman–Crippen LogP) is 1.30. The standard InChI is InChI=1S/C18H22N6O.ClH/c1-13-3-4-16-21-14(9-17(25)24(16)11-13)12-23-8-5-19-10-15(23)18-20-6-7-22(18)2;/h3-4,6-7,9,11,15,19H,5,8,10,12H2,1-2H3;1H. The SMILES string of the molecule is Cc1ccc2nc(CN3CCNCC3c3nccn3C)cc(=O)n2c1.Cl. The van der Waals surface area contributed by atoms with Gasteiger partial charge in [0, 0.05) is 57.9 Å². The predicted molar refractivity (Wildman–Crippen MR) is 103 cm³/mol. The van der Waals surface area contributed by atoms with Crippen molar-refractivity contribution in [2.75, 3.05) is 19.6 Å². The second-order valence-electron chi connectivity index (χ2n) is 6.61. The molecular formula is C18H23ClN6O. The van der Waals surface area contributed by atoms with Crippen LogP contribution >= 0.6 is 12.4 Å². The molecule has 0 aromatic carbocycles. The van der Waals surface area contributed by atoms with Crippen molar-refractivity contribution in [3.05, 3.63) is 64.2 Å². The molecule has 1 atom stereocenters. The molecule has 4 heterocycles. The van der Waals surface area contributed by atoms with E-state index in [1.54, 1.807) is 10.5 Å². The molecule has 0 bridgehead atoms. The second kappa shape index (κ2) is 7.57. The third kappa shape index (κ3) is 3.51. The minimum Gasteiger partial charge on any atom is -0.337 e. The van der Waals surface area contributed by atoms with Crippen molar-refractivity contribution in [2.24, 2.45) is 7.05 Å². The van der Waals surface area contributed by atoms with Crippen LogP contribution in [0.2, 0.25) is 0 Å². The van der Waals surface area contributed by atoms with Gasteiger partial charge < -0.3 is 9.88 Å². The number of fused-ring (bicyclic) bond motifs is 1. The maximum atomic E-state index is 12.4. The summed E-state index contributed by atoms with van der Waals surface area (Å²) in [5.41, 5.74) is 2.50. The molecule has 1 unspecified atom stereocenters. The number of halogens is 1. The fraction of sp³-hybridized carbons (Fsp3) is 0.389. The van der Waals surface area contributed by atoms with Crippen LogP contribution in [0.15, 0.2) is 41.6 Å². The third-order valence-electron chi connectivity index (χ3n) is 4.74. The zero-order valence-corrected chi connectivity index (χ0v) is 15.7. The maximum absolute atomic E-state index is 12.4. The molecule has 4 rings (SSSR count). The summed E-state index contributed by atoms with van der Waals surface area (Å²) in [6.45, 7) is 5.27. The molecule has 26 heavy (non-hydrogen) atoms. The molecule has 138 valence electrons. The second-order valence-corrected chi connectivity index (χ2v) is 6.61. The third-order valence-corrected chi connectivity index (χ3v) is 4.74. The summed E-state index contributed by atoms with van der Waals surface area (Å²) >= 11 is 0. The van der Waals surface area contributed by atoms with Crippen molar-refractivity contribution >= 4 is 18.1 Å². The molecule has 7 nitrogen and oxygen atoms in total. The Balaban J connectivity index is 0.00000196. The van der Waals surface area contributed by atoms with E-state index in [1.807, 2.05) is 44.7 Å². The first kappa shape index (κ1) is 18.6. The van der Waals surface area contributed by atoms with Crippen LogP contribution in [0.3, 0.4) is 0 Å². The minimum absolute atomic E-state index is 0. The molecule has 3 aromatic rings. The summed E-state index contributed by atoms with van der Waals surface area (Å²) < 4.78 is 3.66. The highest BCUT2D eigenvalue weighted by Crippen LogP contribution is 2.22. The average Bonchev–Trinajstić information content (AvgIpc) is 3.02. The van der Waals surface area contributed by atoms with Crippen LogP contribution in [0.4, 0.5) is 0 Å². The van der Waals surface area contributed by atoms with Crippen LogP contribution in [0, 0.1) is 6.92 Å². The van der Waals surface area contributed by atoms with E-state index in [0.29, 0.717) is 12.2 Å². The molecule has 8 heteroatoms. The van der Waals surface area contributed by atoms with Gasteiger partial charge in [-0.3, -0.25) is 14.1 Å². The minimum atomic E-state index is -0.0348. The first-order valence-corrected chi connectivity index (χ1v) is 8.53. The van der Waals surface area contributed by atoms with Crippen molar-refractivity contribution in [1.82, 2.24) is 29.2 Å². The van der Waals surface area contributed by atoms with Gasteiger partial charge in [-0.1, -0.05) is 6.07 Å². The number of hydrogen-bond acceptors (Lipinski definition) is 5. The summed E-state index contributed by atoms with van der Waals surface area (Å²) in [4.78, 5) is 24.0. The van der Waals surface area contributed by atoms with E-state index in [9.17, 15) is 4.79 Å². The number of hydrogen-bond donors (Lipinski definition) is 1. The van der Waals surface area contributed by atoms with E-state index >= 15 is 0 Å². The van der Waals surface area contributed by atoms with Crippen LogP contribution in [-0.2, 0) is 13.6 Å². The van der Waals surface area contributed by atoms with Crippen molar-refractivity contribution in [1.29, 1.82) is 0 Å². The fourth-order valence-corrected chi connectivity index (χ4v) is 3.44. The zero-order chi connectivity index (χ0) is 17.4. The highest BCUT2D eigenvalue weighted by Gasteiger charge is 2.27. The zero-order valence-electron chi connectivity index (χ0n) is 14.9. The molecule has 3 aromatic heterocycles. The Bertz CT molecular complexity index is 966. The van der Waals surface area contributed by atoms with E-state index in [2.05, 4.69) is 24.8 Å². The number of imidazole rings is 1. The van der Waals surface area contributed by atoms with Gasteiger partial charge in [0.25, 0.3) is 5.56 Å². The van der Waals surface area contributed by atoms with E-state index in [1.165, 1.54) is 0 Å². The van der Waals surface area contributed by atoms with Crippen molar-refractivity contribution < 1.29 is 0 Å². The molecule has 0 saturated carbocycles. The van der Waals surface area contributed by atoms with Crippen molar-refractivity contribution in [3.63, 3.8) is 0 Å². The average molecular weight is 375 g/mol. The lowest BCUT2D eigenvalue weighted by molar-refractivity contribution is 0.143. The van der Waals surface area contributed by atoms with Gasteiger partial charge in [-0.25, -0.2) is 9.97 Å². The monoisotopic (exact) mass is 374 g/mol. The summed E-state index contributed by atoms with van der Waals surface area (Å²) in [7, 11) is 2.01. The van der Waals surface area contributed by atoms with Gasteiger partial charge in [0.2, 0.25) is 0 Å². The highest BCUT2D eigenvalue weighted by molar-refractivity contribution is 5.85. The first-order chi connectivity index (χ1) is 12.1. The Hall–Kier alpha value is -2.22. The lowest BCUT2D eigenvalue weighted by Gasteiger charge is -2.35. The van der Waals surface area contributed by atoms with E-state index in [-0.39, 0.29) is 24.0 Å². The highest BCUT2D eigenvalue weighted by atomic mass is 35.5. The normalized spacial score (nSPS) is 18.0. The molecule has 0 amide bonds. The van der Waals surface area contributed by atoms with Gasteiger partial charge in [0.1, 0.15) is 11.5 Å². The topological polar surface area (TPSA) is 67.5 Å². The van der Waals surface area contributed by atoms with Crippen LogP contribution in [0.5, 0.6) is 0 Å². The molecular weight excluding hydrogens is 352 g/mol. The van der Waals surface area contributed by atoms with E-state index < -0.39 is 0 Å². The summed E-state index contributed by atoms with van der Waals surface area (Å²) in [5, 5.41) is 3.43. The van der Waals surface area contributed by atoms with Gasteiger partial charge >= 0.3 is 0 Å². The van der Waals surface area contributed by atoms with Crippen molar-refractivity contribution in [2.45, 2.75) is 19.5 Å². The largest absolute Gasteiger partial charge is 0.337 e. The molecule has 0 spiro atoms. The first-order valence-electron chi connectivity index (χ1n) is 8.53. The number of nitrogens with zero attached hydrogens (tertiary/aromatic N) is 5. The number of aromatic nitrogens is 4. The number of rotatable bonds is 3. The molecule has 1 N–H and O–H groups in total. The lowest BCUT2D eigenvalue weighted by Crippen LogP contribution is -2.46. The van der Waals surface area contributed by atoms with Crippen LogP contribution < -0.4 is 10.9 Å². The molecule has 1 aliphatic heterocycles.